The van der Waals surface area contributed by atoms with Crippen molar-refractivity contribution in [2.75, 3.05) is 23.3 Å². The molecule has 1 saturated heterocycles. The Hall–Kier alpha value is -3.20. The molecular formula is C23H25N7OS. The minimum atomic E-state index is 0.381. The number of aromatic nitrogens is 5. The monoisotopic (exact) mass is 447 g/mol. The van der Waals surface area contributed by atoms with Gasteiger partial charge in [0.25, 0.3) is 0 Å². The SMILES string of the molecule is Cc1nsc(N2CC3CCC(C2)C3Nc2nc3c(OCc4ccccc4)cccn3n2)n1. The lowest BCUT2D eigenvalue weighted by molar-refractivity contribution is 0.308. The minimum Gasteiger partial charge on any atom is -0.485 e. The zero-order chi connectivity index (χ0) is 21.5. The topological polar surface area (TPSA) is 80.5 Å². The molecule has 4 heterocycles. The van der Waals surface area contributed by atoms with E-state index in [9.17, 15) is 0 Å². The van der Waals surface area contributed by atoms with Gasteiger partial charge >= 0.3 is 0 Å². The molecule has 4 aromatic rings. The van der Waals surface area contributed by atoms with Crippen LogP contribution in [-0.4, -0.2) is 43.1 Å². The van der Waals surface area contributed by atoms with Crippen molar-refractivity contribution >= 4 is 28.3 Å². The molecule has 1 N–H and O–H groups in total. The van der Waals surface area contributed by atoms with Crippen LogP contribution in [0.4, 0.5) is 11.1 Å². The Morgan fingerprint density at radius 1 is 1.06 bits per heavy atom. The number of nitrogens with one attached hydrogen (secondary N) is 1. The van der Waals surface area contributed by atoms with Gasteiger partial charge in [-0.1, -0.05) is 30.3 Å². The smallest absolute Gasteiger partial charge is 0.243 e. The number of benzene rings is 1. The van der Waals surface area contributed by atoms with E-state index in [0.29, 0.717) is 30.4 Å². The number of piperidine rings is 1. The molecule has 1 aliphatic heterocycles. The molecular weight excluding hydrogens is 422 g/mol. The Balaban J connectivity index is 1.18. The Labute approximate surface area is 190 Å². The highest BCUT2D eigenvalue weighted by atomic mass is 32.1. The Morgan fingerprint density at radius 3 is 2.62 bits per heavy atom. The van der Waals surface area contributed by atoms with Gasteiger partial charge in [-0.25, -0.2) is 9.50 Å². The average molecular weight is 448 g/mol. The van der Waals surface area contributed by atoms with Gasteiger partial charge in [0.15, 0.2) is 11.4 Å². The zero-order valence-corrected chi connectivity index (χ0v) is 18.7. The van der Waals surface area contributed by atoms with E-state index in [-0.39, 0.29) is 0 Å². The van der Waals surface area contributed by atoms with E-state index in [1.54, 1.807) is 4.52 Å². The van der Waals surface area contributed by atoms with Crippen LogP contribution in [0.2, 0.25) is 0 Å². The number of anilines is 2. The summed E-state index contributed by atoms with van der Waals surface area (Å²) in [6.45, 7) is 4.46. The Bertz CT molecular complexity index is 1210. The van der Waals surface area contributed by atoms with Crippen LogP contribution >= 0.6 is 11.5 Å². The summed E-state index contributed by atoms with van der Waals surface area (Å²) in [5.74, 6) is 3.37. The Kier molecular flexibility index (Phi) is 4.90. The van der Waals surface area contributed by atoms with E-state index in [1.165, 1.54) is 24.4 Å². The van der Waals surface area contributed by atoms with Gasteiger partial charge in [0.2, 0.25) is 11.1 Å². The van der Waals surface area contributed by atoms with Gasteiger partial charge in [0.05, 0.1) is 0 Å². The van der Waals surface area contributed by atoms with E-state index in [0.717, 1.165) is 41.0 Å². The zero-order valence-electron chi connectivity index (χ0n) is 17.9. The number of nitrogens with zero attached hydrogens (tertiary/aromatic N) is 6. The number of pyridine rings is 1. The molecule has 164 valence electrons. The molecule has 2 unspecified atom stereocenters. The fraction of sp³-hybridized carbons (Fsp3) is 0.391. The molecule has 2 aliphatic rings. The van der Waals surface area contributed by atoms with E-state index >= 15 is 0 Å². The molecule has 9 heteroatoms. The summed E-state index contributed by atoms with van der Waals surface area (Å²) in [6.07, 6.45) is 4.35. The number of fused-ring (bicyclic) bond motifs is 3. The number of hydrogen-bond donors (Lipinski definition) is 1. The largest absolute Gasteiger partial charge is 0.485 e. The van der Waals surface area contributed by atoms with Crippen LogP contribution in [-0.2, 0) is 6.61 Å². The van der Waals surface area contributed by atoms with E-state index in [2.05, 4.69) is 36.8 Å². The predicted molar refractivity (Wildman–Crippen MR) is 124 cm³/mol. The minimum absolute atomic E-state index is 0.381. The number of hydrogen-bond acceptors (Lipinski definition) is 8. The highest BCUT2D eigenvalue weighted by molar-refractivity contribution is 7.09. The molecule has 0 radical (unpaired) electrons. The fourth-order valence-corrected chi connectivity index (χ4v) is 5.66. The van der Waals surface area contributed by atoms with Crippen molar-refractivity contribution in [3.8, 4) is 5.75 Å². The highest BCUT2D eigenvalue weighted by Crippen LogP contribution is 2.40. The summed E-state index contributed by atoms with van der Waals surface area (Å²) in [7, 11) is 0. The molecule has 32 heavy (non-hydrogen) atoms. The molecule has 6 rings (SSSR count). The summed E-state index contributed by atoms with van der Waals surface area (Å²) in [6, 6.07) is 14.4. The first-order chi connectivity index (χ1) is 15.7. The van der Waals surface area contributed by atoms with Gasteiger partial charge in [-0.15, -0.1) is 5.10 Å². The first-order valence-electron chi connectivity index (χ1n) is 11.1. The summed E-state index contributed by atoms with van der Waals surface area (Å²) in [4.78, 5) is 11.8. The molecule has 1 aromatic carbocycles. The molecule has 1 saturated carbocycles. The molecule has 3 aromatic heterocycles. The van der Waals surface area contributed by atoms with Gasteiger partial charge < -0.3 is 15.0 Å². The van der Waals surface area contributed by atoms with Crippen LogP contribution in [0, 0.1) is 18.8 Å². The van der Waals surface area contributed by atoms with E-state index in [1.807, 2.05) is 43.5 Å². The highest BCUT2D eigenvalue weighted by Gasteiger charge is 2.43. The fourth-order valence-electron chi connectivity index (χ4n) is 4.97. The summed E-state index contributed by atoms with van der Waals surface area (Å²) in [5, 5.41) is 9.38. The van der Waals surface area contributed by atoms with Crippen LogP contribution in [0.5, 0.6) is 5.75 Å². The lowest BCUT2D eigenvalue weighted by Gasteiger charge is -2.37. The quantitative estimate of drug-likeness (QED) is 0.482. The molecule has 8 nitrogen and oxygen atoms in total. The maximum absolute atomic E-state index is 6.06. The molecule has 2 bridgehead atoms. The van der Waals surface area contributed by atoms with Crippen molar-refractivity contribution in [3.63, 3.8) is 0 Å². The van der Waals surface area contributed by atoms with Gasteiger partial charge in [-0.2, -0.15) is 9.36 Å². The maximum atomic E-state index is 6.06. The second-order valence-corrected chi connectivity index (χ2v) is 9.38. The predicted octanol–water partition coefficient (Wildman–Crippen LogP) is 3.80. The summed E-state index contributed by atoms with van der Waals surface area (Å²) >= 11 is 1.50. The average Bonchev–Trinajstić information content (AvgIpc) is 3.49. The number of rotatable bonds is 6. The lowest BCUT2D eigenvalue weighted by Crippen LogP contribution is -2.48. The normalized spacial score (nSPS) is 22.4. The van der Waals surface area contributed by atoms with Gasteiger partial charge in [-0.05, 0) is 49.3 Å². The van der Waals surface area contributed by atoms with Crippen molar-refractivity contribution in [2.24, 2.45) is 11.8 Å². The van der Waals surface area contributed by atoms with Crippen LogP contribution in [0.3, 0.4) is 0 Å². The van der Waals surface area contributed by atoms with Gasteiger partial charge in [-0.3, -0.25) is 0 Å². The van der Waals surface area contributed by atoms with E-state index in [4.69, 9.17) is 9.72 Å². The van der Waals surface area contributed by atoms with Crippen molar-refractivity contribution in [1.29, 1.82) is 0 Å². The molecule has 2 atom stereocenters. The van der Waals surface area contributed by atoms with Gasteiger partial charge in [0.1, 0.15) is 12.4 Å². The van der Waals surface area contributed by atoms with Crippen molar-refractivity contribution in [1.82, 2.24) is 24.0 Å². The third kappa shape index (κ3) is 3.66. The Morgan fingerprint density at radius 2 is 1.88 bits per heavy atom. The van der Waals surface area contributed by atoms with Crippen LogP contribution in [0.25, 0.3) is 5.65 Å². The maximum Gasteiger partial charge on any atom is 0.243 e. The third-order valence-corrected chi connectivity index (χ3v) is 7.35. The van der Waals surface area contributed by atoms with Crippen molar-refractivity contribution in [2.45, 2.75) is 32.4 Å². The molecule has 0 spiro atoms. The molecule has 1 aliphatic carbocycles. The second kappa shape index (κ2) is 8.05. The van der Waals surface area contributed by atoms with Crippen LogP contribution < -0.4 is 15.0 Å². The van der Waals surface area contributed by atoms with Crippen molar-refractivity contribution < 1.29 is 4.74 Å². The molecule has 2 fully saturated rings. The summed E-state index contributed by atoms with van der Waals surface area (Å²) in [5.41, 5.74) is 1.86. The third-order valence-electron chi connectivity index (χ3n) is 6.48. The molecule has 0 amide bonds. The van der Waals surface area contributed by atoms with Crippen LogP contribution in [0.1, 0.15) is 24.2 Å². The second-order valence-electron chi connectivity index (χ2n) is 8.65. The van der Waals surface area contributed by atoms with E-state index < -0.39 is 0 Å². The number of aryl methyl sites for hydroxylation is 1. The number of ether oxygens (including phenoxy) is 1. The summed E-state index contributed by atoms with van der Waals surface area (Å²) < 4.78 is 12.2. The first-order valence-corrected chi connectivity index (χ1v) is 11.8. The first kappa shape index (κ1) is 19.5. The van der Waals surface area contributed by atoms with Crippen molar-refractivity contribution in [3.05, 3.63) is 60.0 Å². The van der Waals surface area contributed by atoms with Gasteiger partial charge in [0, 0.05) is 36.9 Å². The standard InChI is InChI=1S/C23H25N7OS/c1-15-24-23(32-28-15)29-12-17-9-10-18(13-29)20(17)25-22-26-21-19(8-5-11-30(21)27-22)31-14-16-6-3-2-4-7-16/h2-8,11,17-18,20H,9-10,12-14H2,1H3,(H,25,27). The lowest BCUT2D eigenvalue weighted by atomic mass is 9.92. The van der Waals surface area contributed by atoms with Crippen LogP contribution in [0.15, 0.2) is 48.7 Å².